The Balaban J connectivity index is 2.22. The standard InChI is InChI=1S/C14H19N3O4/c1-9-8-21-12(7-18)6-17(9)14(19)11-4-2-3-10(5-11)13(15)16-20/h2-5,9,12,18,20H,6-8H2,1H3,(H2,15,16). The van der Waals surface area contributed by atoms with Crippen LogP contribution >= 0.6 is 0 Å². The molecule has 0 aromatic heterocycles. The highest BCUT2D eigenvalue weighted by atomic mass is 16.5. The minimum Gasteiger partial charge on any atom is -0.409 e. The normalized spacial score (nSPS) is 23.1. The van der Waals surface area contributed by atoms with Crippen LogP contribution in [0.3, 0.4) is 0 Å². The maximum Gasteiger partial charge on any atom is 0.254 e. The first-order valence-corrected chi connectivity index (χ1v) is 6.68. The Hall–Kier alpha value is -2.12. The third kappa shape index (κ3) is 3.32. The van der Waals surface area contributed by atoms with Crippen molar-refractivity contribution in [3.05, 3.63) is 35.4 Å². The summed E-state index contributed by atoms with van der Waals surface area (Å²) < 4.78 is 5.42. The van der Waals surface area contributed by atoms with Gasteiger partial charge in [-0.25, -0.2) is 0 Å². The van der Waals surface area contributed by atoms with E-state index >= 15 is 0 Å². The molecule has 0 aliphatic carbocycles. The van der Waals surface area contributed by atoms with Crippen LogP contribution in [0.5, 0.6) is 0 Å². The van der Waals surface area contributed by atoms with Gasteiger partial charge in [0, 0.05) is 17.7 Å². The van der Waals surface area contributed by atoms with Crippen molar-refractivity contribution in [1.82, 2.24) is 4.90 Å². The maximum absolute atomic E-state index is 12.6. The number of carbonyl (C=O) groups is 1. The van der Waals surface area contributed by atoms with Crippen LogP contribution in [0.2, 0.25) is 0 Å². The molecule has 1 saturated heterocycles. The fourth-order valence-corrected chi connectivity index (χ4v) is 2.25. The largest absolute Gasteiger partial charge is 0.409 e. The van der Waals surface area contributed by atoms with Crippen LogP contribution < -0.4 is 5.73 Å². The molecule has 7 heteroatoms. The summed E-state index contributed by atoms with van der Waals surface area (Å²) in [6, 6.07) is 6.51. The molecular formula is C14H19N3O4. The van der Waals surface area contributed by atoms with Crippen molar-refractivity contribution in [2.24, 2.45) is 10.9 Å². The number of morpholine rings is 1. The number of amidine groups is 1. The number of rotatable bonds is 3. The van der Waals surface area contributed by atoms with Crippen LogP contribution in [0.1, 0.15) is 22.8 Å². The molecule has 1 aromatic carbocycles. The molecular weight excluding hydrogens is 274 g/mol. The second kappa shape index (κ2) is 6.55. The van der Waals surface area contributed by atoms with Gasteiger partial charge >= 0.3 is 0 Å². The van der Waals surface area contributed by atoms with Crippen molar-refractivity contribution in [3.8, 4) is 0 Å². The summed E-state index contributed by atoms with van der Waals surface area (Å²) >= 11 is 0. The minimum absolute atomic E-state index is 0.0482. The van der Waals surface area contributed by atoms with Gasteiger partial charge in [0.05, 0.1) is 25.4 Å². The molecule has 114 valence electrons. The lowest BCUT2D eigenvalue weighted by Gasteiger charge is -2.37. The molecule has 7 nitrogen and oxygen atoms in total. The number of carbonyl (C=O) groups excluding carboxylic acids is 1. The SMILES string of the molecule is CC1COC(CO)CN1C(=O)c1cccc(/C(N)=N/O)c1. The molecule has 1 fully saturated rings. The summed E-state index contributed by atoms with van der Waals surface area (Å²) in [6.07, 6.45) is -0.364. The Morgan fingerprint density at radius 3 is 2.90 bits per heavy atom. The monoisotopic (exact) mass is 293 g/mol. The van der Waals surface area contributed by atoms with Crippen LogP contribution in [0.15, 0.2) is 29.4 Å². The lowest BCUT2D eigenvalue weighted by molar-refractivity contribution is -0.0667. The molecule has 0 bridgehead atoms. The van der Waals surface area contributed by atoms with Gasteiger partial charge in [0.2, 0.25) is 0 Å². The molecule has 1 aliphatic rings. The van der Waals surface area contributed by atoms with Crippen molar-refractivity contribution in [2.45, 2.75) is 19.1 Å². The summed E-state index contributed by atoms with van der Waals surface area (Å²) in [5.74, 6) is -0.218. The van der Waals surface area contributed by atoms with E-state index in [0.717, 1.165) is 0 Å². The van der Waals surface area contributed by atoms with Gasteiger partial charge in [-0.1, -0.05) is 17.3 Å². The third-order valence-corrected chi connectivity index (χ3v) is 3.48. The number of nitrogens with zero attached hydrogens (tertiary/aromatic N) is 2. The molecule has 1 aliphatic heterocycles. The summed E-state index contributed by atoms with van der Waals surface area (Å²) in [7, 11) is 0. The van der Waals surface area contributed by atoms with E-state index in [9.17, 15) is 9.90 Å². The van der Waals surface area contributed by atoms with Crippen LogP contribution in [0.4, 0.5) is 0 Å². The van der Waals surface area contributed by atoms with Gasteiger partial charge in [0.25, 0.3) is 5.91 Å². The zero-order valence-corrected chi connectivity index (χ0v) is 11.8. The molecule has 0 radical (unpaired) electrons. The number of aliphatic hydroxyl groups excluding tert-OH is 1. The first kappa shape index (κ1) is 15.3. The number of hydrogen-bond donors (Lipinski definition) is 3. The van der Waals surface area contributed by atoms with Crippen molar-refractivity contribution in [2.75, 3.05) is 19.8 Å². The first-order chi connectivity index (χ1) is 10.1. The highest BCUT2D eigenvalue weighted by Gasteiger charge is 2.30. The van der Waals surface area contributed by atoms with E-state index in [1.807, 2.05) is 6.92 Å². The van der Waals surface area contributed by atoms with E-state index in [1.54, 1.807) is 29.2 Å². The van der Waals surface area contributed by atoms with E-state index in [0.29, 0.717) is 24.3 Å². The number of nitrogens with two attached hydrogens (primary N) is 1. The summed E-state index contributed by atoms with van der Waals surface area (Å²) in [5, 5.41) is 20.8. The van der Waals surface area contributed by atoms with Gasteiger partial charge in [-0.15, -0.1) is 0 Å². The van der Waals surface area contributed by atoms with Gasteiger partial charge in [-0.2, -0.15) is 0 Å². The quantitative estimate of drug-likeness (QED) is 0.315. The maximum atomic E-state index is 12.6. The number of hydrogen-bond acceptors (Lipinski definition) is 5. The second-order valence-electron chi connectivity index (χ2n) is 5.01. The smallest absolute Gasteiger partial charge is 0.254 e. The van der Waals surface area contributed by atoms with Crippen molar-refractivity contribution in [3.63, 3.8) is 0 Å². The lowest BCUT2D eigenvalue weighted by Crippen LogP contribution is -2.52. The Kier molecular flexibility index (Phi) is 4.77. The van der Waals surface area contributed by atoms with Crippen molar-refractivity contribution < 1.29 is 19.8 Å². The second-order valence-corrected chi connectivity index (χ2v) is 5.01. The fourth-order valence-electron chi connectivity index (χ4n) is 2.25. The molecule has 2 rings (SSSR count). The van der Waals surface area contributed by atoms with Crippen molar-refractivity contribution >= 4 is 11.7 Å². The predicted octanol–water partition coefficient (Wildman–Crippen LogP) is 0.00290. The fraction of sp³-hybridized carbons (Fsp3) is 0.429. The van der Waals surface area contributed by atoms with Gasteiger partial charge < -0.3 is 25.7 Å². The Morgan fingerprint density at radius 1 is 1.52 bits per heavy atom. The lowest BCUT2D eigenvalue weighted by atomic mass is 10.1. The van der Waals surface area contributed by atoms with Gasteiger partial charge in [0.1, 0.15) is 0 Å². The molecule has 21 heavy (non-hydrogen) atoms. The molecule has 4 N–H and O–H groups in total. The van der Waals surface area contributed by atoms with Gasteiger partial charge in [-0.05, 0) is 19.1 Å². The van der Waals surface area contributed by atoms with Crippen LogP contribution in [0, 0.1) is 0 Å². The predicted molar refractivity (Wildman–Crippen MR) is 76.3 cm³/mol. The summed E-state index contributed by atoms with van der Waals surface area (Å²) in [4.78, 5) is 14.2. The van der Waals surface area contributed by atoms with E-state index in [2.05, 4.69) is 5.16 Å². The number of benzene rings is 1. The molecule has 2 unspecified atom stereocenters. The molecule has 0 spiro atoms. The molecule has 1 heterocycles. The van der Waals surface area contributed by atoms with E-state index in [1.165, 1.54) is 0 Å². The number of amides is 1. The first-order valence-electron chi connectivity index (χ1n) is 6.68. The van der Waals surface area contributed by atoms with E-state index in [4.69, 9.17) is 15.7 Å². The topological polar surface area (TPSA) is 108 Å². The molecule has 1 amide bonds. The molecule has 1 aromatic rings. The van der Waals surface area contributed by atoms with Crippen LogP contribution in [0.25, 0.3) is 0 Å². The number of aliphatic hydroxyl groups is 1. The Labute approximate surface area is 122 Å². The van der Waals surface area contributed by atoms with Crippen molar-refractivity contribution in [1.29, 1.82) is 0 Å². The summed E-state index contributed by atoms with van der Waals surface area (Å²) in [6.45, 7) is 2.49. The Morgan fingerprint density at radius 2 is 2.24 bits per heavy atom. The zero-order chi connectivity index (χ0) is 15.4. The number of oxime groups is 1. The average molecular weight is 293 g/mol. The van der Waals surface area contributed by atoms with Gasteiger partial charge in [0.15, 0.2) is 5.84 Å². The number of ether oxygens (including phenoxy) is 1. The highest BCUT2D eigenvalue weighted by molar-refractivity contribution is 6.01. The summed E-state index contributed by atoms with van der Waals surface area (Å²) in [5.41, 5.74) is 6.46. The van der Waals surface area contributed by atoms with E-state index in [-0.39, 0.29) is 30.5 Å². The highest BCUT2D eigenvalue weighted by Crippen LogP contribution is 2.16. The van der Waals surface area contributed by atoms with Gasteiger partial charge in [-0.3, -0.25) is 4.79 Å². The van der Waals surface area contributed by atoms with Crippen LogP contribution in [-0.4, -0.2) is 58.9 Å². The minimum atomic E-state index is -0.364. The third-order valence-electron chi connectivity index (χ3n) is 3.48. The molecule has 0 saturated carbocycles. The Bertz CT molecular complexity index is 547. The average Bonchev–Trinajstić information content (AvgIpc) is 2.54. The van der Waals surface area contributed by atoms with E-state index < -0.39 is 0 Å². The van der Waals surface area contributed by atoms with Crippen LogP contribution in [-0.2, 0) is 4.74 Å². The zero-order valence-electron chi connectivity index (χ0n) is 11.8. The molecule has 2 atom stereocenters.